The molecule has 21 rings (SSSR count). The Balaban J connectivity index is 1.11. The lowest BCUT2D eigenvalue weighted by Crippen LogP contribution is -2.68. The van der Waals surface area contributed by atoms with Crippen molar-refractivity contribution in [2.75, 3.05) is 56.0 Å². The summed E-state index contributed by atoms with van der Waals surface area (Å²) in [5.74, 6) is -4.26. The van der Waals surface area contributed by atoms with Crippen LogP contribution in [0.15, 0.2) is 0 Å². The summed E-state index contributed by atoms with van der Waals surface area (Å²) in [6.45, 7) is -5.43. The van der Waals surface area contributed by atoms with Crippen LogP contribution in [0.25, 0.3) is 0 Å². The van der Waals surface area contributed by atoms with E-state index < -0.39 is 284 Å². The Morgan fingerprint density at radius 1 is 0.281 bits per heavy atom. The van der Waals surface area contributed by atoms with Gasteiger partial charge < -0.3 is 185 Å². The zero-order valence-corrected chi connectivity index (χ0v) is 48.3. The molecule has 21 heterocycles. The molecule has 16 unspecified atom stereocenters. The van der Waals surface area contributed by atoms with E-state index in [1.54, 1.807) is 0 Å². The van der Waals surface area contributed by atoms with Gasteiger partial charge >= 0.3 is 11.9 Å². The molecule has 21 aliphatic heterocycles. The van der Waals surface area contributed by atoms with Crippen LogP contribution in [-0.2, 0) is 75.9 Å². The first-order valence-electron chi connectivity index (χ1n) is 28.1. The van der Waals surface area contributed by atoms with Crippen LogP contribution >= 0.6 is 23.5 Å². The third-order valence-corrected chi connectivity index (χ3v) is 18.5. The number of carbonyl (C=O) groups is 2. The predicted molar refractivity (Wildman–Crippen MR) is 280 cm³/mol. The van der Waals surface area contributed by atoms with Crippen LogP contribution in [-0.4, -0.2) is 402 Å². The van der Waals surface area contributed by atoms with E-state index in [1.165, 1.54) is 0 Å². The number of carboxylic acids is 2. The lowest BCUT2D eigenvalue weighted by molar-refractivity contribution is -0.395. The number of hydrogen-bond acceptors (Lipinski definition) is 39. The van der Waals surface area contributed by atoms with Crippen molar-refractivity contribution < 1.29 is 183 Å². The number of rotatable bonds is 15. The molecular weight excluding hydrogens is 1260 g/mol. The van der Waals surface area contributed by atoms with Crippen LogP contribution in [0, 0.1) is 0 Å². The van der Waals surface area contributed by atoms with E-state index >= 15 is 0 Å². The molecule has 14 bridgehead atoms. The highest BCUT2D eigenvalue weighted by molar-refractivity contribution is 7.99. The summed E-state index contributed by atoms with van der Waals surface area (Å²) in [6.07, 6.45) is -71.4. The summed E-state index contributed by atoms with van der Waals surface area (Å²) >= 11 is 1.60. The number of nitrogens with two attached hydrogens (primary N) is 2. The maximum Gasteiger partial charge on any atom is 0.321 e. The Morgan fingerprint density at radius 2 is 0.438 bits per heavy atom. The fourth-order valence-electron chi connectivity index (χ4n) is 11.2. The highest BCUT2D eigenvalue weighted by atomic mass is 32.2. The number of aliphatic hydroxyl groups is 19. The lowest BCUT2D eigenvalue weighted by atomic mass is 9.95. The summed E-state index contributed by atoms with van der Waals surface area (Å²) in [7, 11) is 0. The van der Waals surface area contributed by atoms with Gasteiger partial charge in [-0.1, -0.05) is 0 Å². The second kappa shape index (κ2) is 31.9. The quantitative estimate of drug-likeness (QED) is 0.0724. The van der Waals surface area contributed by atoms with E-state index in [-0.39, 0.29) is 11.5 Å². The van der Waals surface area contributed by atoms with Crippen LogP contribution in [0.1, 0.15) is 0 Å². The van der Waals surface area contributed by atoms with Crippen LogP contribution in [0.5, 0.6) is 0 Å². The summed E-state index contributed by atoms with van der Waals surface area (Å²) in [5, 5.41) is 233. The fraction of sp³-hybridized carbons (Fsp3) is 0.958. The van der Waals surface area contributed by atoms with Gasteiger partial charge in [0.2, 0.25) is 0 Å². The third-order valence-electron chi connectivity index (χ3n) is 16.2. The van der Waals surface area contributed by atoms with Gasteiger partial charge in [0, 0.05) is 23.0 Å². The Bertz CT molecular complexity index is 2200. The molecule has 0 spiro atoms. The Kier molecular flexibility index (Phi) is 26.2. The molecule has 0 radical (unpaired) electrons. The average molecular weight is 1340 g/mol. The van der Waals surface area contributed by atoms with Crippen LogP contribution in [0.2, 0.25) is 0 Å². The van der Waals surface area contributed by atoms with Crippen LogP contribution < -0.4 is 11.5 Å². The van der Waals surface area contributed by atoms with Gasteiger partial charge in [-0.05, 0) is 0 Å². The number of aliphatic hydroxyl groups excluding tert-OH is 19. The second-order valence-electron chi connectivity index (χ2n) is 22.3. The molecule has 0 amide bonds. The number of thioether (sulfide) groups is 2. The first-order valence-corrected chi connectivity index (χ1v) is 30.4. The van der Waals surface area contributed by atoms with Crippen molar-refractivity contribution in [3.8, 4) is 0 Å². The molecule has 0 aliphatic carbocycles. The molecule has 21 saturated heterocycles. The average Bonchev–Trinajstić information content (AvgIpc) is 0.884. The molecule has 0 aromatic carbocycles. The molecule has 37 atom stereocenters. The van der Waals surface area contributed by atoms with Gasteiger partial charge in [0.05, 0.1) is 45.2 Å². The zero-order chi connectivity index (χ0) is 65.2. The van der Waals surface area contributed by atoms with E-state index in [0.717, 1.165) is 23.5 Å². The highest BCUT2D eigenvalue weighted by Gasteiger charge is 2.60. The number of ether oxygens (including phenoxy) is 14. The van der Waals surface area contributed by atoms with Crippen molar-refractivity contribution in [3.05, 3.63) is 0 Å². The monoisotopic (exact) mass is 1340 g/mol. The smallest absolute Gasteiger partial charge is 0.321 e. The second-order valence-corrected chi connectivity index (χ2v) is 24.4. The van der Waals surface area contributed by atoms with Gasteiger partial charge in [0.15, 0.2) is 44.0 Å². The van der Waals surface area contributed by atoms with Crippen LogP contribution in [0.3, 0.4) is 0 Å². The lowest BCUT2D eigenvalue weighted by Gasteiger charge is -2.50. The van der Waals surface area contributed by atoms with Crippen LogP contribution in [0.4, 0.5) is 0 Å². The molecule has 0 saturated carbocycles. The maximum absolute atomic E-state index is 11.7. The van der Waals surface area contributed by atoms with Gasteiger partial charge in [-0.2, -0.15) is 23.5 Å². The molecular formula is C48H80N2O37S2. The van der Waals surface area contributed by atoms with Gasteiger partial charge in [-0.25, -0.2) is 0 Å². The molecule has 0 aromatic heterocycles. The largest absolute Gasteiger partial charge is 0.480 e. The van der Waals surface area contributed by atoms with Gasteiger partial charge in [-0.15, -0.1) is 0 Å². The van der Waals surface area contributed by atoms with E-state index in [9.17, 15) is 117 Å². The topological polar surface area (TPSA) is 640 Å². The minimum absolute atomic E-state index is 0.319. The highest BCUT2D eigenvalue weighted by Crippen LogP contribution is 2.40. The minimum atomic E-state index is -2.27. The summed E-state index contributed by atoms with van der Waals surface area (Å²) in [4.78, 5) is 23.2. The van der Waals surface area contributed by atoms with Gasteiger partial charge in [-0.3, -0.25) is 9.59 Å². The third kappa shape index (κ3) is 15.9. The van der Waals surface area contributed by atoms with Crippen molar-refractivity contribution in [1.82, 2.24) is 0 Å². The summed E-state index contributed by atoms with van der Waals surface area (Å²) < 4.78 is 81.6. The van der Waals surface area contributed by atoms with Gasteiger partial charge in [0.25, 0.3) is 0 Å². The fourth-order valence-corrected chi connectivity index (χ4v) is 13.2. The van der Waals surface area contributed by atoms with E-state index in [2.05, 4.69) is 0 Å². The Morgan fingerprint density at radius 3 is 0.596 bits per heavy atom. The maximum atomic E-state index is 11.7. The molecule has 41 heteroatoms. The summed E-state index contributed by atoms with van der Waals surface area (Å²) in [5.41, 5.74) is 11.4. The zero-order valence-electron chi connectivity index (χ0n) is 46.6. The van der Waals surface area contributed by atoms with Crippen molar-refractivity contribution in [2.24, 2.45) is 11.5 Å². The SMILES string of the molecule is N[C@H](CSCC1O[C@@H]2O[C@H]3C(CO)O[C@@H](O[C@H]4C(CO)O[C@@H](O[C@H]5C(CO)O[C@@H](O[C@H]6C(CSC[C@@H](N)C(=O)O)O[C@@H](O[C@H]7C(CO)O[C@@H](O[C@H]8C(CO)O[C@H](OC1C(O)C2O)C(O)[C@H]8O)C(O)[C@H]7O)C(O)[C@H]6O)C(O)[C@H]5O)C(O)[C@H]4O)C(O)[C@H]3O)C(=O)O. The molecule has 516 valence electrons. The Hall–Kier alpha value is -1.76. The Labute approximate surface area is 511 Å². The van der Waals surface area contributed by atoms with Crippen molar-refractivity contribution >= 4 is 35.5 Å². The number of carboxylic acid groups (broad SMARTS) is 2. The molecule has 39 nitrogen and oxygen atoms in total. The predicted octanol–water partition coefficient (Wildman–Crippen LogP) is -14.9. The van der Waals surface area contributed by atoms with Crippen molar-refractivity contribution in [2.45, 2.75) is 227 Å². The normalized spacial score (nSPS) is 50.1. The minimum Gasteiger partial charge on any atom is -0.480 e. The molecule has 25 N–H and O–H groups in total. The molecule has 0 aromatic rings. The van der Waals surface area contributed by atoms with E-state index in [4.69, 9.17) is 77.8 Å². The van der Waals surface area contributed by atoms with E-state index in [0.29, 0.717) is 0 Å². The molecule has 89 heavy (non-hydrogen) atoms. The first-order chi connectivity index (χ1) is 42.2. The number of hydrogen-bond donors (Lipinski definition) is 23. The van der Waals surface area contributed by atoms with Crippen molar-refractivity contribution in [3.63, 3.8) is 0 Å². The van der Waals surface area contributed by atoms with E-state index in [1.807, 2.05) is 0 Å². The first kappa shape index (κ1) is 73.1. The molecule has 21 aliphatic rings. The van der Waals surface area contributed by atoms with Gasteiger partial charge in [0.1, 0.15) is 171 Å². The standard InChI is InChI=1S/C48H80N2O37S2/c49-10(40(70)71)6-88-8-17-38-25(62)32(69)48(80-17)85-37-16(5-55)76-44(28(65)21(37)58)83-35-14(3-53)78-46(30(67)23(35)60)87-39-18(9-89-7-11(50)41(72)73)79-47(31(68)24(39)61)84-36-15(4-54)75-43(27(64)20(36)57)81-33-12(1-51)74-42(26(63)19(33)56)82-34-13(2-52)77-45(86-38)29(66)22(34)59/h10-39,42-48,51-69H,1-9,49-50H2,(H,70,71)(H,72,73)/t10-,11-,12?,13?,14?,15?,16?,17?,18?,19-,20-,21-,22-,23-,24?,25-,26?,27?,28?,29?,30?,31?,32?,33+,34+,35+,36+,37+,38+,39?,42+,43+,44+,45+,46-,47-,48+/m1/s1. The summed E-state index contributed by atoms with van der Waals surface area (Å²) in [6, 6.07) is -2.94. The molecule has 21 fully saturated rings. The number of aliphatic carboxylic acids is 2. The van der Waals surface area contributed by atoms with Crippen molar-refractivity contribution in [1.29, 1.82) is 0 Å².